The average Bonchev–Trinajstić information content (AvgIpc) is 3.37. The molecule has 5 nitrogen and oxygen atoms in total. The molecule has 32 heavy (non-hydrogen) atoms. The first kappa shape index (κ1) is 20.6. The number of pyridine rings is 1. The molecule has 0 unspecified atom stereocenters. The molecule has 2 aromatic carbocycles. The number of anilines is 2. The van der Waals surface area contributed by atoms with Gasteiger partial charge in [0.25, 0.3) is 5.91 Å². The second-order valence-corrected chi connectivity index (χ2v) is 8.70. The van der Waals surface area contributed by atoms with Crippen molar-refractivity contribution >= 4 is 28.2 Å². The maximum absolute atomic E-state index is 13.9. The van der Waals surface area contributed by atoms with Gasteiger partial charge in [-0.3, -0.25) is 9.59 Å². The van der Waals surface area contributed by atoms with Crippen LogP contribution in [0.25, 0.3) is 10.9 Å². The van der Waals surface area contributed by atoms with Crippen molar-refractivity contribution in [2.24, 2.45) is 5.92 Å². The fourth-order valence-corrected chi connectivity index (χ4v) is 5.09. The molecule has 0 radical (unpaired) electrons. The molecule has 2 atom stereocenters. The van der Waals surface area contributed by atoms with Gasteiger partial charge in [-0.05, 0) is 61.9 Å². The van der Waals surface area contributed by atoms with E-state index in [2.05, 4.69) is 10.3 Å². The van der Waals surface area contributed by atoms with Gasteiger partial charge in [-0.1, -0.05) is 12.1 Å². The summed E-state index contributed by atoms with van der Waals surface area (Å²) in [6.45, 7) is 2.50. The molecule has 2 N–H and O–H groups in total. The molecule has 2 heterocycles. The van der Waals surface area contributed by atoms with Crippen molar-refractivity contribution in [2.45, 2.75) is 38.4 Å². The molecule has 1 amide bonds. The topological polar surface area (TPSA) is 65.2 Å². The number of nitrogens with one attached hydrogen (secondary N) is 2. The molecule has 1 saturated carbocycles. The maximum atomic E-state index is 13.9. The van der Waals surface area contributed by atoms with Crippen LogP contribution in [0, 0.1) is 12.8 Å². The average molecular weight is 441 g/mol. The first-order chi connectivity index (χ1) is 15.2. The molecule has 2 aliphatic rings. The molecule has 0 spiro atoms. The van der Waals surface area contributed by atoms with Crippen LogP contribution >= 0.6 is 0 Å². The lowest BCUT2D eigenvalue weighted by molar-refractivity contribution is -0.136. The highest BCUT2D eigenvalue weighted by molar-refractivity contribution is 6.06. The zero-order valence-corrected chi connectivity index (χ0v) is 17.4. The van der Waals surface area contributed by atoms with E-state index in [9.17, 15) is 22.8 Å². The number of halogens is 3. The van der Waals surface area contributed by atoms with Gasteiger partial charge in [-0.15, -0.1) is 0 Å². The number of aromatic amines is 1. The van der Waals surface area contributed by atoms with Crippen molar-refractivity contribution in [3.63, 3.8) is 0 Å². The largest absolute Gasteiger partial charge is 0.418 e. The van der Waals surface area contributed by atoms with Crippen molar-refractivity contribution in [3.05, 3.63) is 69.5 Å². The van der Waals surface area contributed by atoms with E-state index in [1.807, 2.05) is 4.90 Å². The van der Waals surface area contributed by atoms with E-state index in [4.69, 9.17) is 0 Å². The van der Waals surface area contributed by atoms with Gasteiger partial charge in [-0.2, -0.15) is 13.2 Å². The fraction of sp³-hybridized carbons (Fsp3) is 0.333. The molecular formula is C24H22F3N3O2. The summed E-state index contributed by atoms with van der Waals surface area (Å²) in [7, 11) is 0. The number of carbonyl (C=O) groups excluding carboxylic acids is 1. The number of nitrogens with zero attached hydrogens (tertiary/aromatic N) is 1. The van der Waals surface area contributed by atoms with Crippen LogP contribution in [0.5, 0.6) is 0 Å². The molecule has 2 fully saturated rings. The highest BCUT2D eigenvalue weighted by Crippen LogP contribution is 2.43. The second-order valence-electron chi connectivity index (χ2n) is 8.70. The van der Waals surface area contributed by atoms with E-state index in [-0.39, 0.29) is 17.3 Å². The molecule has 1 aliphatic heterocycles. The molecule has 1 aromatic heterocycles. The molecule has 166 valence electrons. The number of H-pyrrole nitrogens is 1. The van der Waals surface area contributed by atoms with Gasteiger partial charge in [0.2, 0.25) is 5.43 Å². The smallest absolute Gasteiger partial charge is 0.368 e. The minimum atomic E-state index is -4.65. The van der Waals surface area contributed by atoms with Gasteiger partial charge < -0.3 is 15.2 Å². The van der Waals surface area contributed by atoms with Crippen LogP contribution in [0.3, 0.4) is 0 Å². The van der Waals surface area contributed by atoms with Crippen LogP contribution in [-0.2, 0) is 6.18 Å². The summed E-state index contributed by atoms with van der Waals surface area (Å²) < 4.78 is 41.6. The Labute approximate surface area is 182 Å². The van der Waals surface area contributed by atoms with Gasteiger partial charge in [0.1, 0.15) is 5.56 Å². The summed E-state index contributed by atoms with van der Waals surface area (Å²) >= 11 is 0. The molecule has 2 bridgehead atoms. The van der Waals surface area contributed by atoms with Crippen LogP contribution < -0.4 is 15.6 Å². The van der Waals surface area contributed by atoms with Crippen LogP contribution in [-0.4, -0.2) is 23.5 Å². The first-order valence-corrected chi connectivity index (χ1v) is 10.6. The van der Waals surface area contributed by atoms with Crippen LogP contribution in [0.4, 0.5) is 24.5 Å². The maximum Gasteiger partial charge on any atom is 0.418 e. The van der Waals surface area contributed by atoms with E-state index < -0.39 is 23.1 Å². The number of hydrogen-bond donors (Lipinski definition) is 2. The number of rotatable bonds is 3. The van der Waals surface area contributed by atoms with E-state index in [1.54, 1.807) is 31.2 Å². The summed E-state index contributed by atoms with van der Waals surface area (Å²) in [5, 5.41) is 2.66. The number of amides is 1. The predicted octanol–water partition coefficient (Wildman–Crippen LogP) is 5.10. The van der Waals surface area contributed by atoms with Crippen molar-refractivity contribution in [3.8, 4) is 0 Å². The Morgan fingerprint density at radius 2 is 2.00 bits per heavy atom. The minimum absolute atomic E-state index is 0.235. The van der Waals surface area contributed by atoms with E-state index >= 15 is 0 Å². The summed E-state index contributed by atoms with van der Waals surface area (Å²) in [5.41, 5.74) is -0.278. The normalized spacial score (nSPS) is 20.2. The highest BCUT2D eigenvalue weighted by atomic mass is 19.4. The third kappa shape index (κ3) is 3.43. The second kappa shape index (κ2) is 7.39. The van der Waals surface area contributed by atoms with Gasteiger partial charge in [-0.25, -0.2) is 0 Å². The Balaban J connectivity index is 1.49. The van der Waals surface area contributed by atoms with E-state index in [0.29, 0.717) is 28.1 Å². The standard InChI is InChI=1S/C24H22F3N3O2/c1-13-3-2-4-20-21(13)22(31)17(11-28-20)23(32)29-19-8-7-16(10-18(19)24(25,26)27)30-12-14-5-6-15(30)9-14/h2-4,7-8,10-11,14-15H,5-6,9,12H2,1H3,(H,28,31)(H,29,32)/t14-,15+/m1/s1. The van der Waals surface area contributed by atoms with Crippen molar-refractivity contribution in [2.75, 3.05) is 16.8 Å². The Bertz CT molecular complexity index is 1280. The van der Waals surface area contributed by atoms with E-state index in [1.165, 1.54) is 12.3 Å². The van der Waals surface area contributed by atoms with E-state index in [0.717, 1.165) is 31.9 Å². The quantitative estimate of drug-likeness (QED) is 0.595. The van der Waals surface area contributed by atoms with Gasteiger partial charge in [0.05, 0.1) is 11.3 Å². The lowest BCUT2D eigenvalue weighted by Gasteiger charge is -2.30. The molecule has 8 heteroatoms. The monoisotopic (exact) mass is 441 g/mol. The van der Waals surface area contributed by atoms with Gasteiger partial charge in [0.15, 0.2) is 0 Å². The molecule has 5 rings (SSSR count). The Hall–Kier alpha value is -3.29. The summed E-state index contributed by atoms with van der Waals surface area (Å²) in [6.07, 6.45) is -0.272. The van der Waals surface area contributed by atoms with Crippen molar-refractivity contribution in [1.82, 2.24) is 4.98 Å². The zero-order chi connectivity index (χ0) is 22.6. The molecule has 3 aromatic rings. The Kier molecular flexibility index (Phi) is 4.76. The van der Waals surface area contributed by atoms with Crippen LogP contribution in [0.1, 0.15) is 40.7 Å². The molecule has 1 aliphatic carbocycles. The third-order valence-corrected chi connectivity index (χ3v) is 6.66. The number of alkyl halides is 3. The molecular weight excluding hydrogens is 419 g/mol. The minimum Gasteiger partial charge on any atom is -0.368 e. The lowest BCUT2D eigenvalue weighted by atomic mass is 10.1. The van der Waals surface area contributed by atoms with Crippen LogP contribution in [0.15, 0.2) is 47.4 Å². The number of piperidine rings is 1. The first-order valence-electron chi connectivity index (χ1n) is 10.6. The number of hydrogen-bond acceptors (Lipinski definition) is 3. The number of aromatic nitrogens is 1. The number of fused-ring (bicyclic) bond motifs is 3. The fourth-order valence-electron chi connectivity index (χ4n) is 5.09. The Morgan fingerprint density at radius 3 is 2.69 bits per heavy atom. The predicted molar refractivity (Wildman–Crippen MR) is 117 cm³/mol. The SMILES string of the molecule is Cc1cccc2[nH]cc(C(=O)Nc3ccc(N4C[C@@H]5CC[C@H]4C5)cc3C(F)(F)F)c(=O)c12. The highest BCUT2D eigenvalue weighted by Gasteiger charge is 2.40. The summed E-state index contributed by atoms with van der Waals surface area (Å²) in [4.78, 5) is 30.6. The third-order valence-electron chi connectivity index (χ3n) is 6.66. The van der Waals surface area contributed by atoms with Gasteiger partial charge >= 0.3 is 6.18 Å². The van der Waals surface area contributed by atoms with Crippen LogP contribution in [0.2, 0.25) is 0 Å². The molecule has 1 saturated heterocycles. The van der Waals surface area contributed by atoms with Crippen molar-refractivity contribution in [1.29, 1.82) is 0 Å². The van der Waals surface area contributed by atoms with Gasteiger partial charge in [0, 0.05) is 35.4 Å². The number of benzene rings is 2. The summed E-state index contributed by atoms with van der Waals surface area (Å²) in [5.74, 6) is -0.341. The summed E-state index contributed by atoms with van der Waals surface area (Å²) in [6, 6.07) is 9.49. The Morgan fingerprint density at radius 1 is 1.19 bits per heavy atom. The zero-order valence-electron chi connectivity index (χ0n) is 17.4. The number of aryl methyl sites for hydroxylation is 1. The number of carbonyl (C=O) groups is 1. The lowest BCUT2D eigenvalue weighted by Crippen LogP contribution is -2.32. The van der Waals surface area contributed by atoms with Crippen molar-refractivity contribution < 1.29 is 18.0 Å².